The number of aromatic nitrogens is 1. The number of unbranched alkanes of at least 4 members (excludes halogenated alkanes) is 1. The van der Waals surface area contributed by atoms with Crippen molar-refractivity contribution in [2.24, 2.45) is 4.99 Å². The fourth-order valence-electron chi connectivity index (χ4n) is 2.23. The SMILES string of the molecule is S=C=NCCCCN(Cc1ccc(Cl)c(Cl)c1)c1ccc(Br)cn1. The summed E-state index contributed by atoms with van der Waals surface area (Å²) in [5.41, 5.74) is 1.09. The van der Waals surface area contributed by atoms with Gasteiger partial charge in [-0.15, -0.1) is 0 Å². The molecule has 7 heteroatoms. The lowest BCUT2D eigenvalue weighted by Crippen LogP contribution is -2.25. The first-order valence-electron chi connectivity index (χ1n) is 7.44. The van der Waals surface area contributed by atoms with E-state index in [1.807, 2.05) is 30.3 Å². The maximum atomic E-state index is 6.12. The Kier molecular flexibility index (Phi) is 8.16. The molecule has 0 bridgehead atoms. The van der Waals surface area contributed by atoms with Crippen LogP contribution >= 0.6 is 51.3 Å². The predicted molar refractivity (Wildman–Crippen MR) is 109 cm³/mol. The van der Waals surface area contributed by atoms with Gasteiger partial charge < -0.3 is 4.90 Å². The minimum Gasteiger partial charge on any atom is -0.352 e. The largest absolute Gasteiger partial charge is 0.352 e. The third-order valence-electron chi connectivity index (χ3n) is 3.41. The average Bonchev–Trinajstić information content (AvgIpc) is 2.57. The summed E-state index contributed by atoms with van der Waals surface area (Å²) in [6, 6.07) is 9.68. The van der Waals surface area contributed by atoms with Crippen LogP contribution in [0.4, 0.5) is 5.82 Å². The van der Waals surface area contributed by atoms with Crippen molar-refractivity contribution in [3.63, 3.8) is 0 Å². The second kappa shape index (κ2) is 10.1. The molecule has 0 saturated heterocycles. The number of benzene rings is 1. The van der Waals surface area contributed by atoms with Gasteiger partial charge in [0.05, 0.1) is 15.2 Å². The van der Waals surface area contributed by atoms with E-state index < -0.39 is 0 Å². The number of aliphatic imine (C=N–C) groups is 1. The molecule has 2 aromatic rings. The number of pyridine rings is 1. The highest BCUT2D eigenvalue weighted by Gasteiger charge is 2.10. The molecular weight excluding hydrogens is 429 g/mol. The lowest BCUT2D eigenvalue weighted by Gasteiger charge is -2.24. The number of halogens is 3. The summed E-state index contributed by atoms with van der Waals surface area (Å²) >= 11 is 20.1. The molecular formula is C17H16BrCl2N3S. The van der Waals surface area contributed by atoms with Crippen LogP contribution in [0.2, 0.25) is 10.0 Å². The van der Waals surface area contributed by atoms with Crippen molar-refractivity contribution in [2.75, 3.05) is 18.0 Å². The van der Waals surface area contributed by atoms with Crippen LogP contribution in [-0.2, 0) is 6.54 Å². The first-order valence-corrected chi connectivity index (χ1v) is 9.40. The van der Waals surface area contributed by atoms with Gasteiger partial charge >= 0.3 is 0 Å². The van der Waals surface area contributed by atoms with E-state index in [0.29, 0.717) is 23.1 Å². The Morgan fingerprint density at radius 3 is 2.67 bits per heavy atom. The number of rotatable bonds is 8. The fraction of sp³-hybridized carbons (Fsp3) is 0.294. The minimum atomic E-state index is 0.562. The number of hydrogen-bond donors (Lipinski definition) is 0. The maximum absolute atomic E-state index is 6.12. The first-order chi connectivity index (χ1) is 11.6. The lowest BCUT2D eigenvalue weighted by atomic mass is 10.2. The van der Waals surface area contributed by atoms with Crippen LogP contribution in [0.25, 0.3) is 0 Å². The highest BCUT2D eigenvalue weighted by molar-refractivity contribution is 9.10. The molecule has 126 valence electrons. The van der Waals surface area contributed by atoms with Crippen molar-refractivity contribution >= 4 is 62.3 Å². The fourth-order valence-corrected chi connectivity index (χ4v) is 2.87. The van der Waals surface area contributed by atoms with Crippen molar-refractivity contribution in [3.8, 4) is 0 Å². The van der Waals surface area contributed by atoms with Gasteiger partial charge in [-0.05, 0) is 70.8 Å². The van der Waals surface area contributed by atoms with Gasteiger partial charge in [0, 0.05) is 30.3 Å². The zero-order valence-corrected chi connectivity index (χ0v) is 16.8. The summed E-state index contributed by atoms with van der Waals surface area (Å²) < 4.78 is 0.955. The third kappa shape index (κ3) is 6.15. The number of isothiocyanates is 1. The molecule has 0 saturated carbocycles. The van der Waals surface area contributed by atoms with Crippen molar-refractivity contribution in [3.05, 3.63) is 56.6 Å². The summed E-state index contributed by atoms with van der Waals surface area (Å²) in [6.07, 6.45) is 3.74. The third-order valence-corrected chi connectivity index (χ3v) is 4.74. The summed E-state index contributed by atoms with van der Waals surface area (Å²) in [5, 5.41) is 3.52. The van der Waals surface area contributed by atoms with Gasteiger partial charge in [-0.2, -0.15) is 0 Å². The summed E-state index contributed by atoms with van der Waals surface area (Å²) in [7, 11) is 0. The van der Waals surface area contributed by atoms with E-state index >= 15 is 0 Å². The molecule has 0 atom stereocenters. The van der Waals surface area contributed by atoms with Crippen LogP contribution in [0.3, 0.4) is 0 Å². The van der Waals surface area contributed by atoms with Crippen molar-refractivity contribution in [1.82, 2.24) is 4.98 Å². The molecule has 0 unspecified atom stereocenters. The van der Waals surface area contributed by atoms with Crippen LogP contribution in [0.1, 0.15) is 18.4 Å². The Bertz CT molecular complexity index is 718. The monoisotopic (exact) mass is 443 g/mol. The van der Waals surface area contributed by atoms with E-state index in [1.165, 1.54) is 0 Å². The normalized spacial score (nSPS) is 10.3. The first kappa shape index (κ1) is 19.4. The molecule has 24 heavy (non-hydrogen) atoms. The number of hydrogen-bond acceptors (Lipinski definition) is 4. The minimum absolute atomic E-state index is 0.562. The van der Waals surface area contributed by atoms with Gasteiger partial charge in [0.15, 0.2) is 0 Å². The smallest absolute Gasteiger partial charge is 0.128 e. The zero-order valence-electron chi connectivity index (χ0n) is 12.9. The number of thiocarbonyl (C=S) groups is 1. The highest BCUT2D eigenvalue weighted by atomic mass is 79.9. The Morgan fingerprint density at radius 1 is 1.17 bits per heavy atom. The van der Waals surface area contributed by atoms with Crippen LogP contribution in [0, 0.1) is 0 Å². The molecule has 2 rings (SSSR count). The Balaban J connectivity index is 2.10. The van der Waals surface area contributed by atoms with E-state index in [0.717, 1.165) is 35.2 Å². The van der Waals surface area contributed by atoms with E-state index in [1.54, 1.807) is 6.20 Å². The summed E-state index contributed by atoms with van der Waals surface area (Å²) in [4.78, 5) is 10.7. The van der Waals surface area contributed by atoms with Crippen LogP contribution in [0.15, 0.2) is 46.0 Å². The van der Waals surface area contributed by atoms with E-state index in [-0.39, 0.29) is 0 Å². The molecule has 0 N–H and O–H groups in total. The molecule has 1 aromatic heterocycles. The standard InChI is InChI=1S/C17H16BrCl2N3S/c18-14-4-6-17(22-10-14)23(8-2-1-7-21-12-24)11-13-3-5-15(19)16(20)9-13/h3-6,9-10H,1-2,7-8,11H2. The molecule has 1 aromatic carbocycles. The second-order valence-electron chi connectivity index (χ2n) is 5.18. The van der Waals surface area contributed by atoms with Crippen molar-refractivity contribution in [2.45, 2.75) is 19.4 Å². The summed E-state index contributed by atoms with van der Waals surface area (Å²) in [6.45, 7) is 2.28. The van der Waals surface area contributed by atoms with Gasteiger partial charge in [0.1, 0.15) is 5.82 Å². The Hall–Kier alpha value is -0.970. The summed E-state index contributed by atoms with van der Waals surface area (Å²) in [5.74, 6) is 0.919. The van der Waals surface area contributed by atoms with Gasteiger partial charge in [0.2, 0.25) is 0 Å². The van der Waals surface area contributed by atoms with Crippen LogP contribution in [0.5, 0.6) is 0 Å². The topological polar surface area (TPSA) is 28.5 Å². The molecule has 0 amide bonds. The van der Waals surface area contributed by atoms with Crippen LogP contribution < -0.4 is 4.90 Å². The highest BCUT2D eigenvalue weighted by Crippen LogP contribution is 2.24. The van der Waals surface area contributed by atoms with E-state index in [9.17, 15) is 0 Å². The molecule has 0 radical (unpaired) electrons. The van der Waals surface area contributed by atoms with Gasteiger partial charge in [-0.25, -0.2) is 9.98 Å². The predicted octanol–water partition coefficient (Wildman–Crippen LogP) is 6.04. The lowest BCUT2D eigenvalue weighted by molar-refractivity contribution is 0.686. The van der Waals surface area contributed by atoms with Gasteiger partial charge in [0.25, 0.3) is 0 Å². The maximum Gasteiger partial charge on any atom is 0.128 e. The molecule has 0 aliphatic heterocycles. The van der Waals surface area contributed by atoms with Crippen molar-refractivity contribution in [1.29, 1.82) is 0 Å². The average molecular weight is 445 g/mol. The van der Waals surface area contributed by atoms with E-state index in [2.05, 4.69) is 48.2 Å². The van der Waals surface area contributed by atoms with Gasteiger partial charge in [-0.1, -0.05) is 29.3 Å². The molecule has 3 nitrogen and oxygen atoms in total. The number of anilines is 1. The molecule has 0 aliphatic rings. The zero-order chi connectivity index (χ0) is 17.4. The second-order valence-corrected chi connectivity index (χ2v) is 7.10. The molecule has 0 aliphatic carbocycles. The molecule has 1 heterocycles. The Morgan fingerprint density at radius 2 is 2.00 bits per heavy atom. The van der Waals surface area contributed by atoms with Crippen LogP contribution in [-0.4, -0.2) is 23.2 Å². The quantitative estimate of drug-likeness (QED) is 0.282. The Labute approximate surface area is 165 Å². The van der Waals surface area contributed by atoms with Crippen molar-refractivity contribution < 1.29 is 0 Å². The van der Waals surface area contributed by atoms with E-state index in [4.69, 9.17) is 23.2 Å². The molecule has 0 fully saturated rings. The van der Waals surface area contributed by atoms with Gasteiger partial charge in [-0.3, -0.25) is 0 Å². The number of nitrogens with zero attached hydrogens (tertiary/aromatic N) is 3. The molecule has 0 spiro atoms.